The molecule has 2 aromatic heterocycles. The van der Waals surface area contributed by atoms with Gasteiger partial charge in [0.2, 0.25) is 6.79 Å². The van der Waals surface area contributed by atoms with Crippen LogP contribution in [0.15, 0.2) is 36.7 Å². The average Bonchev–Trinajstić information content (AvgIpc) is 3.32. The fraction of sp³-hybridized carbons (Fsp3) is 0.364. The van der Waals surface area contributed by atoms with Gasteiger partial charge in [0.15, 0.2) is 11.5 Å². The summed E-state index contributed by atoms with van der Waals surface area (Å²) in [5.41, 5.74) is 3.15. The highest BCUT2D eigenvalue weighted by molar-refractivity contribution is 5.95. The Hall–Kier alpha value is -3.42. The molecule has 1 aliphatic carbocycles. The smallest absolute Gasteiger partial charge is 0.254 e. The first-order valence-electron chi connectivity index (χ1n) is 10.2. The lowest BCUT2D eigenvalue weighted by molar-refractivity contribution is 0.0948. The highest BCUT2D eigenvalue weighted by atomic mass is 16.7. The van der Waals surface area contributed by atoms with Crippen LogP contribution in [-0.4, -0.2) is 39.0 Å². The number of ether oxygens (including phenoxy) is 2. The van der Waals surface area contributed by atoms with Crippen LogP contribution < -0.4 is 14.8 Å². The molecule has 3 heterocycles. The molecular formula is C22H23N5O3. The van der Waals surface area contributed by atoms with Crippen molar-refractivity contribution in [3.05, 3.63) is 47.9 Å². The quantitative estimate of drug-likeness (QED) is 0.676. The van der Waals surface area contributed by atoms with E-state index in [1.165, 1.54) is 0 Å². The van der Waals surface area contributed by atoms with E-state index in [0.717, 1.165) is 35.5 Å². The van der Waals surface area contributed by atoms with Gasteiger partial charge in [0.05, 0.1) is 23.1 Å². The molecule has 2 aliphatic rings. The van der Waals surface area contributed by atoms with Gasteiger partial charge in [-0.15, -0.1) is 0 Å². The SMILES string of the molecule is CC(C)CNC(=O)c1cnn(-c2nccc(-c3ccc4c(c3)OCO4)n2)c1C1CC1. The molecule has 0 unspecified atom stereocenters. The molecule has 1 saturated carbocycles. The maximum absolute atomic E-state index is 12.7. The predicted molar refractivity (Wildman–Crippen MR) is 110 cm³/mol. The van der Waals surface area contributed by atoms with E-state index in [-0.39, 0.29) is 12.7 Å². The normalized spacial score (nSPS) is 14.9. The molecular weight excluding hydrogens is 382 g/mol. The second-order valence-corrected chi connectivity index (χ2v) is 8.04. The number of hydrogen-bond acceptors (Lipinski definition) is 6. The predicted octanol–water partition coefficient (Wildman–Crippen LogP) is 3.32. The molecule has 0 saturated heterocycles. The summed E-state index contributed by atoms with van der Waals surface area (Å²) in [7, 11) is 0. The van der Waals surface area contributed by atoms with Gasteiger partial charge in [0.1, 0.15) is 0 Å². The van der Waals surface area contributed by atoms with Gasteiger partial charge in [-0.1, -0.05) is 13.8 Å². The Balaban J connectivity index is 1.49. The minimum atomic E-state index is -0.0937. The number of nitrogens with one attached hydrogen (secondary N) is 1. The van der Waals surface area contributed by atoms with E-state index in [4.69, 9.17) is 14.5 Å². The topological polar surface area (TPSA) is 91.2 Å². The van der Waals surface area contributed by atoms with Crippen LogP contribution >= 0.6 is 0 Å². The van der Waals surface area contributed by atoms with Gasteiger partial charge in [0, 0.05) is 24.2 Å². The number of fused-ring (bicyclic) bond motifs is 1. The van der Waals surface area contributed by atoms with Gasteiger partial charge < -0.3 is 14.8 Å². The minimum Gasteiger partial charge on any atom is -0.454 e. The van der Waals surface area contributed by atoms with E-state index in [9.17, 15) is 4.79 Å². The number of rotatable bonds is 6. The number of nitrogens with zero attached hydrogens (tertiary/aromatic N) is 4. The summed E-state index contributed by atoms with van der Waals surface area (Å²) in [6.07, 6.45) is 5.41. The van der Waals surface area contributed by atoms with Gasteiger partial charge in [-0.3, -0.25) is 4.79 Å². The van der Waals surface area contributed by atoms with Crippen LogP contribution in [0.1, 0.15) is 48.7 Å². The van der Waals surface area contributed by atoms with Crippen LogP contribution in [0.3, 0.4) is 0 Å². The highest BCUT2D eigenvalue weighted by Gasteiger charge is 2.33. The van der Waals surface area contributed by atoms with Crippen LogP contribution in [0.25, 0.3) is 17.2 Å². The fourth-order valence-electron chi connectivity index (χ4n) is 3.50. The zero-order valence-corrected chi connectivity index (χ0v) is 17.0. The summed E-state index contributed by atoms with van der Waals surface area (Å²) in [6, 6.07) is 7.57. The number of carbonyl (C=O) groups is 1. The summed E-state index contributed by atoms with van der Waals surface area (Å²) >= 11 is 0. The van der Waals surface area contributed by atoms with Crippen molar-refractivity contribution >= 4 is 5.91 Å². The van der Waals surface area contributed by atoms with Crippen molar-refractivity contribution in [2.45, 2.75) is 32.6 Å². The third kappa shape index (κ3) is 3.49. The van der Waals surface area contributed by atoms with Gasteiger partial charge >= 0.3 is 0 Å². The van der Waals surface area contributed by atoms with E-state index in [1.807, 2.05) is 24.3 Å². The number of hydrogen-bond donors (Lipinski definition) is 1. The maximum Gasteiger partial charge on any atom is 0.254 e. The molecule has 154 valence electrons. The van der Waals surface area contributed by atoms with Crippen molar-refractivity contribution in [2.75, 3.05) is 13.3 Å². The van der Waals surface area contributed by atoms with Gasteiger partial charge in [0.25, 0.3) is 11.9 Å². The summed E-state index contributed by atoms with van der Waals surface area (Å²) in [5, 5.41) is 7.46. The Morgan fingerprint density at radius 1 is 1.23 bits per heavy atom. The van der Waals surface area contributed by atoms with Crippen molar-refractivity contribution in [1.82, 2.24) is 25.1 Å². The molecule has 3 aromatic rings. The van der Waals surface area contributed by atoms with Crippen molar-refractivity contribution in [3.8, 4) is 28.7 Å². The van der Waals surface area contributed by atoms with Crippen molar-refractivity contribution < 1.29 is 14.3 Å². The van der Waals surface area contributed by atoms with Crippen LogP contribution in [0.5, 0.6) is 11.5 Å². The molecule has 1 aliphatic heterocycles. The van der Waals surface area contributed by atoms with Crippen molar-refractivity contribution in [1.29, 1.82) is 0 Å². The van der Waals surface area contributed by atoms with E-state index in [2.05, 4.69) is 29.2 Å². The van der Waals surface area contributed by atoms with Crippen LogP contribution in [0, 0.1) is 5.92 Å². The minimum absolute atomic E-state index is 0.0937. The summed E-state index contributed by atoms with van der Waals surface area (Å²) in [5.74, 6) is 2.49. The van der Waals surface area contributed by atoms with Crippen LogP contribution in [-0.2, 0) is 0 Å². The fourth-order valence-corrected chi connectivity index (χ4v) is 3.50. The Morgan fingerprint density at radius 3 is 2.87 bits per heavy atom. The summed E-state index contributed by atoms with van der Waals surface area (Å²) < 4.78 is 12.6. The number of amides is 1. The molecule has 5 rings (SSSR count). The molecule has 1 amide bonds. The molecule has 0 atom stereocenters. The van der Waals surface area contributed by atoms with E-state index < -0.39 is 0 Å². The Bertz CT molecular complexity index is 1100. The first-order valence-corrected chi connectivity index (χ1v) is 10.2. The molecule has 1 N–H and O–H groups in total. The van der Waals surface area contributed by atoms with Crippen molar-refractivity contribution in [2.24, 2.45) is 5.92 Å². The zero-order chi connectivity index (χ0) is 20.7. The van der Waals surface area contributed by atoms with E-state index >= 15 is 0 Å². The van der Waals surface area contributed by atoms with Gasteiger partial charge in [-0.2, -0.15) is 5.10 Å². The molecule has 0 radical (unpaired) electrons. The number of carbonyl (C=O) groups excluding carboxylic acids is 1. The Kier molecular flexibility index (Phi) is 4.61. The zero-order valence-electron chi connectivity index (χ0n) is 17.0. The largest absolute Gasteiger partial charge is 0.454 e. The lowest BCUT2D eigenvalue weighted by Crippen LogP contribution is -2.28. The Labute approximate surface area is 174 Å². The van der Waals surface area contributed by atoms with Gasteiger partial charge in [-0.05, 0) is 43.0 Å². The third-order valence-corrected chi connectivity index (χ3v) is 5.19. The molecule has 8 nitrogen and oxygen atoms in total. The van der Waals surface area contributed by atoms with Crippen LogP contribution in [0.4, 0.5) is 0 Å². The summed E-state index contributed by atoms with van der Waals surface area (Å²) in [4.78, 5) is 21.9. The molecule has 1 aromatic carbocycles. The monoisotopic (exact) mass is 405 g/mol. The average molecular weight is 405 g/mol. The first-order chi connectivity index (χ1) is 14.6. The molecule has 0 bridgehead atoms. The van der Waals surface area contributed by atoms with E-state index in [1.54, 1.807) is 17.1 Å². The first kappa shape index (κ1) is 18.6. The third-order valence-electron chi connectivity index (χ3n) is 5.19. The molecule has 1 fully saturated rings. The lowest BCUT2D eigenvalue weighted by atomic mass is 10.1. The number of benzene rings is 1. The second-order valence-electron chi connectivity index (χ2n) is 8.04. The maximum atomic E-state index is 12.7. The van der Waals surface area contributed by atoms with Crippen molar-refractivity contribution in [3.63, 3.8) is 0 Å². The molecule has 8 heteroatoms. The lowest BCUT2D eigenvalue weighted by Gasteiger charge is -2.10. The number of aromatic nitrogens is 4. The Morgan fingerprint density at radius 2 is 2.07 bits per heavy atom. The highest BCUT2D eigenvalue weighted by Crippen LogP contribution is 2.42. The standard InChI is InChI=1S/C22H23N5O3/c1-13(2)10-24-21(28)16-11-25-27(20(16)14-3-4-14)22-23-8-7-17(26-22)15-5-6-18-19(9-15)30-12-29-18/h5-9,11,13-14H,3-4,10,12H2,1-2H3,(H,24,28). The van der Waals surface area contributed by atoms with Crippen LogP contribution in [0.2, 0.25) is 0 Å². The van der Waals surface area contributed by atoms with E-state index in [0.29, 0.717) is 35.6 Å². The van der Waals surface area contributed by atoms with Gasteiger partial charge in [-0.25, -0.2) is 14.6 Å². The second kappa shape index (κ2) is 7.44. The molecule has 0 spiro atoms. The molecule has 30 heavy (non-hydrogen) atoms. The summed E-state index contributed by atoms with van der Waals surface area (Å²) in [6.45, 7) is 5.00.